The minimum atomic E-state index is -3.58. The predicted molar refractivity (Wildman–Crippen MR) is 71.7 cm³/mol. The number of hydrogen-bond acceptors (Lipinski definition) is 4. The van der Waals surface area contributed by atoms with Gasteiger partial charge in [-0.1, -0.05) is 19.1 Å². The van der Waals surface area contributed by atoms with E-state index in [0.717, 1.165) is 19.5 Å². The molecular formula is C13H16N2O3S. The van der Waals surface area contributed by atoms with Gasteiger partial charge in [-0.05, 0) is 31.0 Å². The summed E-state index contributed by atoms with van der Waals surface area (Å²) in [4.78, 5) is 0.237. The van der Waals surface area contributed by atoms with E-state index < -0.39 is 10.0 Å². The van der Waals surface area contributed by atoms with Gasteiger partial charge in [-0.2, -0.15) is 8.42 Å². The number of piperidine rings is 1. The molecule has 2 heterocycles. The molecule has 0 bridgehead atoms. The highest BCUT2D eigenvalue weighted by Gasteiger charge is 2.33. The van der Waals surface area contributed by atoms with Crippen LogP contribution in [0.3, 0.4) is 0 Å². The Bertz CT molecular complexity index is 625. The molecule has 0 saturated carbocycles. The maximum atomic E-state index is 11.9. The number of nitrogens with zero attached hydrogens (tertiary/aromatic N) is 1. The van der Waals surface area contributed by atoms with E-state index in [-0.39, 0.29) is 16.9 Å². The van der Waals surface area contributed by atoms with Gasteiger partial charge in [0.05, 0.1) is 5.56 Å². The molecule has 0 aliphatic carbocycles. The highest BCUT2D eigenvalue weighted by atomic mass is 32.2. The van der Waals surface area contributed by atoms with Crippen molar-refractivity contribution in [1.82, 2.24) is 5.32 Å². The lowest BCUT2D eigenvalue weighted by molar-refractivity contribution is 0.105. The van der Waals surface area contributed by atoms with E-state index in [9.17, 15) is 8.42 Å². The fourth-order valence-electron chi connectivity index (χ4n) is 2.42. The number of sulfonamides is 1. The third kappa shape index (κ3) is 2.26. The zero-order chi connectivity index (χ0) is 13.5. The lowest BCUT2D eigenvalue weighted by Crippen LogP contribution is -2.42. The number of fused-ring (bicyclic) bond motifs is 1. The van der Waals surface area contributed by atoms with Gasteiger partial charge in [0.1, 0.15) is 11.0 Å². The molecule has 2 aliphatic rings. The van der Waals surface area contributed by atoms with Gasteiger partial charge in [0.2, 0.25) is 5.90 Å². The van der Waals surface area contributed by atoms with Crippen LogP contribution in [0.4, 0.5) is 0 Å². The minimum Gasteiger partial charge on any atom is -0.472 e. The Labute approximate surface area is 112 Å². The van der Waals surface area contributed by atoms with Crippen LogP contribution in [0.2, 0.25) is 0 Å². The summed E-state index contributed by atoms with van der Waals surface area (Å²) in [5.74, 6) is 0.621. The first-order valence-corrected chi connectivity index (χ1v) is 7.84. The SMILES string of the molecule is CC1CCNCC1OC1=NS(=O)(=O)c2ccccc21. The monoisotopic (exact) mass is 280 g/mol. The third-order valence-electron chi connectivity index (χ3n) is 3.62. The normalized spacial score (nSPS) is 28.6. The van der Waals surface area contributed by atoms with E-state index >= 15 is 0 Å². The van der Waals surface area contributed by atoms with E-state index in [1.807, 2.05) is 0 Å². The van der Waals surface area contributed by atoms with Crippen LogP contribution >= 0.6 is 0 Å². The summed E-state index contributed by atoms with van der Waals surface area (Å²) in [6.45, 7) is 3.81. The summed E-state index contributed by atoms with van der Waals surface area (Å²) in [6, 6.07) is 6.79. The van der Waals surface area contributed by atoms with Crippen molar-refractivity contribution < 1.29 is 13.2 Å². The standard InChI is InChI=1S/C13H16N2O3S/c1-9-6-7-14-8-11(9)18-13-10-4-2-3-5-12(10)19(16,17)15-13/h2-5,9,11,14H,6-8H2,1H3. The van der Waals surface area contributed by atoms with Gasteiger partial charge in [-0.15, -0.1) is 4.40 Å². The zero-order valence-electron chi connectivity index (χ0n) is 10.7. The van der Waals surface area contributed by atoms with Crippen molar-refractivity contribution in [2.45, 2.75) is 24.3 Å². The molecule has 1 aromatic rings. The number of rotatable bonds is 1. The smallest absolute Gasteiger partial charge is 0.286 e. The highest BCUT2D eigenvalue weighted by Crippen LogP contribution is 2.28. The average molecular weight is 280 g/mol. The van der Waals surface area contributed by atoms with Crippen LogP contribution in [0.1, 0.15) is 18.9 Å². The first-order valence-electron chi connectivity index (χ1n) is 6.40. The molecule has 1 aromatic carbocycles. The molecule has 5 nitrogen and oxygen atoms in total. The number of hydrogen-bond donors (Lipinski definition) is 1. The quantitative estimate of drug-likeness (QED) is 0.838. The fraction of sp³-hybridized carbons (Fsp3) is 0.462. The molecule has 2 atom stereocenters. The van der Waals surface area contributed by atoms with Gasteiger partial charge in [0.15, 0.2) is 0 Å². The average Bonchev–Trinajstić information content (AvgIpc) is 2.65. The number of benzene rings is 1. The zero-order valence-corrected chi connectivity index (χ0v) is 11.5. The van der Waals surface area contributed by atoms with Crippen LogP contribution in [0.5, 0.6) is 0 Å². The van der Waals surface area contributed by atoms with Crippen molar-refractivity contribution in [2.75, 3.05) is 13.1 Å². The van der Waals surface area contributed by atoms with E-state index in [0.29, 0.717) is 11.5 Å². The fourth-order valence-corrected chi connectivity index (χ4v) is 3.56. The molecule has 2 aliphatic heterocycles. The third-order valence-corrected chi connectivity index (χ3v) is 4.94. The molecule has 19 heavy (non-hydrogen) atoms. The second-order valence-corrected chi connectivity index (χ2v) is 6.57. The first kappa shape index (κ1) is 12.6. The predicted octanol–water partition coefficient (Wildman–Crippen LogP) is 1.15. The molecule has 6 heteroatoms. The summed E-state index contributed by atoms with van der Waals surface area (Å²) in [5.41, 5.74) is 0.570. The summed E-state index contributed by atoms with van der Waals surface area (Å²) in [5, 5.41) is 3.25. The molecule has 2 unspecified atom stereocenters. The second-order valence-electron chi connectivity index (χ2n) is 4.99. The van der Waals surface area contributed by atoms with E-state index in [4.69, 9.17) is 4.74 Å². The molecule has 0 amide bonds. The van der Waals surface area contributed by atoms with Gasteiger partial charge in [-0.25, -0.2) is 0 Å². The molecule has 0 spiro atoms. The van der Waals surface area contributed by atoms with E-state index in [1.54, 1.807) is 24.3 Å². The van der Waals surface area contributed by atoms with Crippen molar-refractivity contribution in [3.63, 3.8) is 0 Å². The van der Waals surface area contributed by atoms with Gasteiger partial charge in [-0.3, -0.25) is 0 Å². The molecule has 0 radical (unpaired) electrons. The molecule has 3 rings (SSSR count). The summed E-state index contributed by atoms with van der Waals surface area (Å²) in [7, 11) is -3.58. The Morgan fingerprint density at radius 3 is 2.95 bits per heavy atom. The number of nitrogens with one attached hydrogen (secondary N) is 1. The molecule has 0 aromatic heterocycles. The van der Waals surface area contributed by atoms with Crippen molar-refractivity contribution in [3.05, 3.63) is 29.8 Å². The van der Waals surface area contributed by atoms with Crippen LogP contribution in [-0.2, 0) is 14.8 Å². The first-order chi connectivity index (χ1) is 9.08. The van der Waals surface area contributed by atoms with Crippen LogP contribution in [-0.4, -0.2) is 33.5 Å². The molecule has 1 saturated heterocycles. The Morgan fingerprint density at radius 2 is 2.16 bits per heavy atom. The number of ether oxygens (including phenoxy) is 1. The van der Waals surface area contributed by atoms with E-state index in [2.05, 4.69) is 16.6 Å². The van der Waals surface area contributed by atoms with Crippen molar-refractivity contribution in [3.8, 4) is 0 Å². The molecule has 1 N–H and O–H groups in total. The highest BCUT2D eigenvalue weighted by molar-refractivity contribution is 7.90. The molecular weight excluding hydrogens is 264 g/mol. The van der Waals surface area contributed by atoms with Crippen LogP contribution in [0.25, 0.3) is 0 Å². The summed E-state index contributed by atoms with van der Waals surface area (Å²) >= 11 is 0. The summed E-state index contributed by atoms with van der Waals surface area (Å²) in [6.07, 6.45) is 0.987. The van der Waals surface area contributed by atoms with Crippen molar-refractivity contribution >= 4 is 15.9 Å². The minimum absolute atomic E-state index is 0.0335. The van der Waals surface area contributed by atoms with Crippen LogP contribution < -0.4 is 5.32 Å². The molecule has 102 valence electrons. The molecule has 1 fully saturated rings. The Kier molecular flexibility index (Phi) is 3.06. The summed E-state index contributed by atoms with van der Waals surface area (Å²) < 4.78 is 33.4. The van der Waals surface area contributed by atoms with Gasteiger partial charge < -0.3 is 10.1 Å². The Morgan fingerprint density at radius 1 is 1.37 bits per heavy atom. The van der Waals surface area contributed by atoms with Crippen molar-refractivity contribution in [2.24, 2.45) is 10.3 Å². The lowest BCUT2D eigenvalue weighted by Gasteiger charge is -2.29. The lowest BCUT2D eigenvalue weighted by atomic mass is 9.97. The largest absolute Gasteiger partial charge is 0.472 e. The van der Waals surface area contributed by atoms with Gasteiger partial charge in [0.25, 0.3) is 10.0 Å². The van der Waals surface area contributed by atoms with Crippen LogP contribution in [0.15, 0.2) is 33.6 Å². The maximum Gasteiger partial charge on any atom is 0.286 e. The van der Waals surface area contributed by atoms with E-state index in [1.165, 1.54) is 0 Å². The Hall–Kier alpha value is -1.40. The topological polar surface area (TPSA) is 67.8 Å². The van der Waals surface area contributed by atoms with Crippen molar-refractivity contribution in [1.29, 1.82) is 0 Å². The second kappa shape index (κ2) is 4.61. The van der Waals surface area contributed by atoms with Crippen LogP contribution in [0, 0.1) is 5.92 Å². The van der Waals surface area contributed by atoms with Gasteiger partial charge in [0, 0.05) is 6.54 Å². The van der Waals surface area contributed by atoms with Gasteiger partial charge >= 0.3 is 0 Å². The maximum absolute atomic E-state index is 11.9. The Balaban J connectivity index is 1.90.